The third kappa shape index (κ3) is 3.56. The molecule has 4 heteroatoms. The molecule has 0 N–H and O–H groups in total. The Morgan fingerprint density at radius 2 is 2.10 bits per heavy atom. The highest BCUT2D eigenvalue weighted by atomic mass is 16.5. The van der Waals surface area contributed by atoms with Gasteiger partial charge in [-0.2, -0.15) is 0 Å². The van der Waals surface area contributed by atoms with Crippen LogP contribution in [0.25, 0.3) is 0 Å². The van der Waals surface area contributed by atoms with Gasteiger partial charge in [-0.25, -0.2) is 0 Å². The highest BCUT2D eigenvalue weighted by Gasteiger charge is 2.33. The van der Waals surface area contributed by atoms with Crippen molar-refractivity contribution >= 4 is 5.97 Å². The zero-order valence-corrected chi connectivity index (χ0v) is 13.2. The summed E-state index contributed by atoms with van der Waals surface area (Å²) in [7, 11) is 0. The van der Waals surface area contributed by atoms with Crippen LogP contribution in [0.2, 0.25) is 0 Å². The molecule has 0 aliphatic carbocycles. The van der Waals surface area contributed by atoms with E-state index < -0.39 is 5.97 Å². The fraction of sp³-hybridized carbons (Fsp3) is 0.588. The van der Waals surface area contributed by atoms with Gasteiger partial charge < -0.3 is 19.4 Å². The summed E-state index contributed by atoms with van der Waals surface area (Å²) in [5.41, 5.74) is 4.71. The number of fused-ring (bicyclic) bond motifs is 1. The fourth-order valence-corrected chi connectivity index (χ4v) is 2.86. The minimum Gasteiger partial charge on any atom is -0.548 e. The smallest absolute Gasteiger partial charge is 0.126 e. The number of benzene rings is 1. The Bertz CT molecular complexity index is 550. The number of carbonyl (C=O) groups is 1. The van der Waals surface area contributed by atoms with Crippen molar-refractivity contribution < 1.29 is 19.4 Å². The van der Waals surface area contributed by atoms with Crippen molar-refractivity contribution in [1.82, 2.24) is 0 Å². The number of carboxylic acids is 1. The molecule has 1 unspecified atom stereocenters. The van der Waals surface area contributed by atoms with Gasteiger partial charge in [-0.05, 0) is 62.8 Å². The van der Waals surface area contributed by atoms with Crippen LogP contribution in [0.15, 0.2) is 6.07 Å². The first-order valence-corrected chi connectivity index (χ1v) is 7.39. The van der Waals surface area contributed by atoms with Crippen molar-refractivity contribution in [3.63, 3.8) is 0 Å². The zero-order chi connectivity index (χ0) is 15.6. The minimum atomic E-state index is -1.18. The van der Waals surface area contributed by atoms with Crippen LogP contribution in [0.3, 0.4) is 0 Å². The first kappa shape index (κ1) is 15.8. The summed E-state index contributed by atoms with van der Waals surface area (Å²) >= 11 is 0. The van der Waals surface area contributed by atoms with E-state index in [0.29, 0.717) is 13.0 Å². The van der Waals surface area contributed by atoms with Gasteiger partial charge in [0.25, 0.3) is 0 Å². The number of aryl methyl sites for hydroxylation is 2. The maximum absolute atomic E-state index is 10.3. The van der Waals surface area contributed by atoms with Crippen LogP contribution in [0.4, 0.5) is 0 Å². The molecule has 1 aliphatic heterocycles. The van der Waals surface area contributed by atoms with E-state index in [4.69, 9.17) is 9.47 Å². The standard InChI is InChI=1S/C17H24O4/c1-11-9-12(2)14-5-6-17(4,21-16(14)13(11)3)7-8-20-10-15(18)19/h9H,5-8,10H2,1-4H3,(H,18,19)/p-1. The summed E-state index contributed by atoms with van der Waals surface area (Å²) in [6.07, 6.45) is 2.57. The van der Waals surface area contributed by atoms with Gasteiger partial charge in [-0.3, -0.25) is 0 Å². The predicted molar refractivity (Wildman–Crippen MR) is 78.5 cm³/mol. The minimum absolute atomic E-state index is 0.302. The summed E-state index contributed by atoms with van der Waals surface area (Å²) in [4.78, 5) is 10.3. The Hall–Kier alpha value is -1.55. The molecule has 0 saturated heterocycles. The van der Waals surface area contributed by atoms with Crippen molar-refractivity contribution in [3.05, 3.63) is 28.3 Å². The van der Waals surface area contributed by atoms with Gasteiger partial charge in [0.1, 0.15) is 11.4 Å². The normalized spacial score (nSPS) is 20.8. The fourth-order valence-electron chi connectivity index (χ4n) is 2.86. The van der Waals surface area contributed by atoms with Crippen LogP contribution in [-0.2, 0) is 16.0 Å². The summed E-state index contributed by atoms with van der Waals surface area (Å²) in [5.74, 6) is -0.182. The SMILES string of the molecule is Cc1cc(C)c2c(c1C)OC(C)(CCOCC(=O)[O-])CC2. The molecule has 0 radical (unpaired) electrons. The Kier molecular flexibility index (Phi) is 4.57. The van der Waals surface area contributed by atoms with Crippen molar-refractivity contribution in [2.45, 2.75) is 52.6 Å². The molecule has 1 aromatic rings. The lowest BCUT2D eigenvalue weighted by atomic mass is 9.86. The molecule has 0 amide bonds. The molecular formula is C17H23O4-. The number of rotatable bonds is 5. The average molecular weight is 291 g/mol. The third-order valence-corrected chi connectivity index (χ3v) is 4.36. The summed E-state index contributed by atoms with van der Waals surface area (Å²) < 4.78 is 11.4. The van der Waals surface area contributed by atoms with Crippen molar-refractivity contribution in [2.75, 3.05) is 13.2 Å². The van der Waals surface area contributed by atoms with Crippen LogP contribution in [0.5, 0.6) is 5.75 Å². The first-order chi connectivity index (χ1) is 9.82. The number of hydrogen-bond donors (Lipinski definition) is 0. The van der Waals surface area contributed by atoms with Gasteiger partial charge in [0.15, 0.2) is 0 Å². The topological polar surface area (TPSA) is 58.6 Å². The van der Waals surface area contributed by atoms with Crippen LogP contribution in [-0.4, -0.2) is 24.8 Å². The van der Waals surface area contributed by atoms with Crippen LogP contribution < -0.4 is 9.84 Å². The molecule has 0 aromatic heterocycles. The zero-order valence-electron chi connectivity index (χ0n) is 13.2. The van der Waals surface area contributed by atoms with Crippen LogP contribution in [0.1, 0.15) is 42.0 Å². The largest absolute Gasteiger partial charge is 0.548 e. The molecular weight excluding hydrogens is 268 g/mol. The highest BCUT2D eigenvalue weighted by molar-refractivity contribution is 5.65. The molecule has 116 valence electrons. The van der Waals surface area contributed by atoms with Crippen molar-refractivity contribution in [2.24, 2.45) is 0 Å². The Balaban J connectivity index is 2.09. The molecule has 1 aliphatic rings. The second kappa shape index (κ2) is 6.06. The van der Waals surface area contributed by atoms with Gasteiger partial charge in [0.05, 0.1) is 19.2 Å². The number of aliphatic carboxylic acids is 1. The molecule has 2 rings (SSSR count). The van der Waals surface area contributed by atoms with E-state index in [-0.39, 0.29) is 12.2 Å². The number of ether oxygens (including phenoxy) is 2. The summed E-state index contributed by atoms with van der Waals surface area (Å²) in [6.45, 7) is 8.39. The van der Waals surface area contributed by atoms with Crippen molar-refractivity contribution in [3.8, 4) is 5.75 Å². The quantitative estimate of drug-likeness (QED) is 0.777. The van der Waals surface area contributed by atoms with E-state index in [1.165, 1.54) is 22.3 Å². The van der Waals surface area contributed by atoms with Gasteiger partial charge in [0, 0.05) is 6.42 Å². The molecule has 0 spiro atoms. The predicted octanol–water partition coefficient (Wildman–Crippen LogP) is 1.85. The number of carbonyl (C=O) groups excluding carboxylic acids is 1. The second-order valence-electron chi connectivity index (χ2n) is 6.17. The van der Waals surface area contributed by atoms with Gasteiger partial charge >= 0.3 is 0 Å². The van der Waals surface area contributed by atoms with Gasteiger partial charge in [-0.15, -0.1) is 0 Å². The van der Waals surface area contributed by atoms with Gasteiger partial charge in [-0.1, -0.05) is 6.07 Å². The third-order valence-electron chi connectivity index (χ3n) is 4.36. The van der Waals surface area contributed by atoms with Crippen molar-refractivity contribution in [1.29, 1.82) is 0 Å². The lowest BCUT2D eigenvalue weighted by molar-refractivity contribution is -0.309. The Labute approximate surface area is 126 Å². The van der Waals surface area contributed by atoms with E-state index in [1.807, 2.05) is 0 Å². The second-order valence-corrected chi connectivity index (χ2v) is 6.17. The molecule has 21 heavy (non-hydrogen) atoms. The molecule has 1 heterocycles. The number of hydrogen-bond acceptors (Lipinski definition) is 4. The Morgan fingerprint density at radius 3 is 2.76 bits per heavy atom. The Morgan fingerprint density at radius 1 is 1.38 bits per heavy atom. The highest BCUT2D eigenvalue weighted by Crippen LogP contribution is 2.40. The molecule has 0 fully saturated rings. The molecule has 1 atom stereocenters. The van der Waals surface area contributed by atoms with E-state index in [1.54, 1.807) is 0 Å². The monoisotopic (exact) mass is 291 g/mol. The molecule has 0 bridgehead atoms. The molecule has 1 aromatic carbocycles. The lowest BCUT2D eigenvalue weighted by Crippen LogP contribution is -2.38. The van der Waals surface area contributed by atoms with E-state index >= 15 is 0 Å². The average Bonchev–Trinajstić information content (AvgIpc) is 2.41. The summed E-state index contributed by atoms with van der Waals surface area (Å²) in [6, 6.07) is 2.21. The van der Waals surface area contributed by atoms with E-state index in [0.717, 1.165) is 18.6 Å². The maximum atomic E-state index is 10.3. The van der Waals surface area contributed by atoms with E-state index in [9.17, 15) is 9.90 Å². The summed E-state index contributed by atoms with van der Waals surface area (Å²) in [5, 5.41) is 10.3. The van der Waals surface area contributed by atoms with E-state index in [2.05, 4.69) is 33.8 Å². The lowest BCUT2D eigenvalue weighted by Gasteiger charge is -2.37. The first-order valence-electron chi connectivity index (χ1n) is 7.39. The molecule has 4 nitrogen and oxygen atoms in total. The molecule has 0 saturated carbocycles. The van der Waals surface area contributed by atoms with Crippen LogP contribution in [0, 0.1) is 20.8 Å². The maximum Gasteiger partial charge on any atom is 0.126 e. The number of carboxylic acid groups (broad SMARTS) is 1. The van der Waals surface area contributed by atoms with Crippen LogP contribution >= 0.6 is 0 Å². The van der Waals surface area contributed by atoms with Gasteiger partial charge in [0.2, 0.25) is 0 Å².